The predicted octanol–water partition coefficient (Wildman–Crippen LogP) is 4.18. The third kappa shape index (κ3) is 5.63. The number of aldehydes is 1. The van der Waals surface area contributed by atoms with Crippen LogP contribution in [0.1, 0.15) is 107 Å². The van der Waals surface area contributed by atoms with Gasteiger partial charge in [0.05, 0.1) is 24.4 Å². The second-order valence-electron chi connectivity index (χ2n) is 21.8. The van der Waals surface area contributed by atoms with Crippen LogP contribution in [0.3, 0.4) is 0 Å². The van der Waals surface area contributed by atoms with Crippen LogP contribution in [-0.4, -0.2) is 103 Å². The number of hydrogen-bond donors (Lipinski definition) is 4. The number of carbonyl (C=O) groups excluding carboxylic acids is 5. The zero-order chi connectivity index (χ0) is 44.2. The minimum atomic E-state index is -2.17. The van der Waals surface area contributed by atoms with E-state index in [4.69, 9.17) is 18.9 Å². The Hall–Kier alpha value is -3.01. The van der Waals surface area contributed by atoms with Gasteiger partial charge in [0.1, 0.15) is 0 Å². The Labute approximate surface area is 357 Å². The Morgan fingerprint density at radius 1 is 0.689 bits per heavy atom. The standard InChI is InChI=1S/C24H32O7.C24H30O6/c1-21(2)30-17-10-15-14-6-5-12-9-13(25)7-8-22(12,3)18(14)16(26)11-23(15,4)24(17,31-21)19(27)20(28)29;1-21(2)29-19-10-16-15-6-5-13-9-14(26)7-8-22(13,3)20(15)17(27)11-23(16,4)24(19,30-21)18(28)12-25/h7-9,14-18,20,26,28-29H,5-6,10-11H2,1-4H3;7-9,12,15-17,19-20,27H,5-6,10-11H2,1-4H3/t14-,15-,16-,17+,18+,22-,23-,24-;15-,16-,17-,19+,20+,22-,23-,24+/m00/s1. The van der Waals surface area contributed by atoms with E-state index in [1.165, 1.54) is 0 Å². The SMILES string of the molecule is CC1(C)O[C@@H]2C[C@H]3[C@@H]4CCC5=CC(=O)C=C[C@]5(C)[C@H]4[C@@H](O)C[C@]3(C)[C@]2(C(=O)C(O)O)O1.CC1(C)O[C@@H]2C[C@H]3[C@@H]4CCC5=CC(=O)C=C[C@]5(C)[C@H]4[C@@H](O)C[C@]3(C)[C@]2(C(=O)C=O)O1. The highest BCUT2D eigenvalue weighted by atomic mass is 16.8. The van der Waals surface area contributed by atoms with E-state index in [0.717, 1.165) is 36.8 Å². The molecule has 0 amide bonds. The first-order valence-electron chi connectivity index (χ1n) is 22.2. The van der Waals surface area contributed by atoms with Crippen molar-refractivity contribution in [1.82, 2.24) is 0 Å². The fourth-order valence-electron chi connectivity index (χ4n) is 16.0. The first-order valence-corrected chi connectivity index (χ1v) is 22.2. The number of ether oxygens (including phenoxy) is 4. The van der Waals surface area contributed by atoms with E-state index in [-0.39, 0.29) is 58.9 Å². The molecule has 13 heteroatoms. The van der Waals surface area contributed by atoms with Crippen LogP contribution in [0.15, 0.2) is 47.6 Å². The lowest BCUT2D eigenvalue weighted by Crippen LogP contribution is -2.65. The summed E-state index contributed by atoms with van der Waals surface area (Å²) in [6.07, 6.45) is 11.3. The van der Waals surface area contributed by atoms with Crippen LogP contribution in [0.2, 0.25) is 0 Å². The summed E-state index contributed by atoms with van der Waals surface area (Å²) in [7, 11) is 0. The van der Waals surface area contributed by atoms with Gasteiger partial charge in [-0.25, -0.2) is 0 Å². The molecule has 8 aliphatic carbocycles. The number of rotatable bonds is 4. The molecule has 0 aromatic carbocycles. The number of Topliss-reactive ketones (excluding diaryl/α,β-unsaturated/α-hetero) is 2. The summed E-state index contributed by atoms with van der Waals surface area (Å²) in [4.78, 5) is 61.9. The summed E-state index contributed by atoms with van der Waals surface area (Å²) in [5, 5.41) is 42.7. The smallest absolute Gasteiger partial charge is 0.230 e. The normalized spacial score (nSPS) is 50.3. The third-order valence-corrected chi connectivity index (χ3v) is 18.1. The first kappa shape index (κ1) is 43.3. The van der Waals surface area contributed by atoms with E-state index in [1.54, 1.807) is 52.0 Å². The van der Waals surface area contributed by atoms with Gasteiger partial charge in [0.15, 0.2) is 40.6 Å². The number of hydrogen-bond acceptors (Lipinski definition) is 13. The first-order chi connectivity index (χ1) is 28.3. The second-order valence-corrected chi connectivity index (χ2v) is 21.8. The van der Waals surface area contributed by atoms with E-state index in [1.807, 2.05) is 26.0 Å². The van der Waals surface area contributed by atoms with E-state index >= 15 is 0 Å². The van der Waals surface area contributed by atoms with Crippen LogP contribution in [0.25, 0.3) is 0 Å². The maximum atomic E-state index is 13.2. The Balaban J connectivity index is 0.000000156. The van der Waals surface area contributed by atoms with Gasteiger partial charge in [-0.1, -0.05) is 51.0 Å². The van der Waals surface area contributed by atoms with Gasteiger partial charge in [0, 0.05) is 33.5 Å². The summed E-state index contributed by atoms with van der Waals surface area (Å²) >= 11 is 0. The van der Waals surface area contributed by atoms with Crippen molar-refractivity contribution >= 4 is 29.4 Å². The molecule has 0 aromatic rings. The number of aliphatic hydroxyl groups is 4. The summed E-state index contributed by atoms with van der Waals surface area (Å²) < 4.78 is 24.8. The Bertz CT molecular complexity index is 2100. The Morgan fingerprint density at radius 2 is 1.10 bits per heavy atom. The quantitative estimate of drug-likeness (QED) is 0.179. The highest BCUT2D eigenvalue weighted by Gasteiger charge is 2.79. The van der Waals surface area contributed by atoms with Crippen molar-refractivity contribution in [3.8, 4) is 0 Å². The van der Waals surface area contributed by atoms with E-state index in [9.17, 15) is 44.4 Å². The maximum absolute atomic E-state index is 13.2. The fourth-order valence-corrected chi connectivity index (χ4v) is 16.0. The molecule has 2 aliphatic heterocycles. The highest BCUT2D eigenvalue weighted by Crippen LogP contribution is 2.72. The minimum Gasteiger partial charge on any atom is -0.393 e. The van der Waals surface area contributed by atoms with E-state index < -0.39 is 81.3 Å². The van der Waals surface area contributed by atoms with Gasteiger partial charge < -0.3 is 39.4 Å². The summed E-state index contributed by atoms with van der Waals surface area (Å²) in [5.74, 6) is -3.17. The molecule has 2 saturated heterocycles. The fraction of sp³-hybridized carbons (Fsp3) is 0.729. The molecule has 16 atom stereocenters. The predicted molar refractivity (Wildman–Crippen MR) is 217 cm³/mol. The van der Waals surface area contributed by atoms with Crippen molar-refractivity contribution in [2.24, 2.45) is 57.2 Å². The average Bonchev–Trinajstić information content (AvgIpc) is 3.78. The molecular formula is C48H62O13. The molecule has 332 valence electrons. The molecule has 0 radical (unpaired) electrons. The number of ketones is 4. The van der Waals surface area contributed by atoms with Crippen LogP contribution < -0.4 is 0 Å². The second kappa shape index (κ2) is 13.5. The topological polar surface area (TPSA) is 203 Å². The number of aliphatic hydroxyl groups excluding tert-OH is 3. The van der Waals surface area contributed by atoms with Crippen molar-refractivity contribution in [3.05, 3.63) is 47.6 Å². The van der Waals surface area contributed by atoms with Crippen molar-refractivity contribution in [2.75, 3.05) is 0 Å². The molecular weight excluding hydrogens is 785 g/mol. The maximum Gasteiger partial charge on any atom is 0.230 e. The largest absolute Gasteiger partial charge is 0.393 e. The summed E-state index contributed by atoms with van der Waals surface area (Å²) in [6, 6.07) is 0. The van der Waals surface area contributed by atoms with Crippen molar-refractivity contribution in [3.63, 3.8) is 0 Å². The zero-order valence-electron chi connectivity index (χ0n) is 36.5. The average molecular weight is 847 g/mol. The van der Waals surface area contributed by atoms with Gasteiger partial charge >= 0.3 is 0 Å². The lowest BCUT2D eigenvalue weighted by molar-refractivity contribution is -0.232. The van der Waals surface area contributed by atoms with Gasteiger partial charge in [0.2, 0.25) is 17.9 Å². The molecule has 0 unspecified atom stereocenters. The number of allylic oxidation sites excluding steroid dienone is 8. The van der Waals surface area contributed by atoms with Crippen LogP contribution in [-0.2, 0) is 42.9 Å². The lowest BCUT2D eigenvalue weighted by Gasteiger charge is -2.60. The van der Waals surface area contributed by atoms with Crippen LogP contribution in [0.4, 0.5) is 0 Å². The van der Waals surface area contributed by atoms with Gasteiger partial charge in [-0.3, -0.25) is 24.0 Å². The molecule has 6 saturated carbocycles. The minimum absolute atomic E-state index is 0.00558. The molecule has 10 aliphatic rings. The molecule has 13 nitrogen and oxygen atoms in total. The third-order valence-electron chi connectivity index (χ3n) is 18.1. The monoisotopic (exact) mass is 846 g/mol. The Morgan fingerprint density at radius 3 is 1.52 bits per heavy atom. The molecule has 0 spiro atoms. The van der Waals surface area contributed by atoms with Gasteiger partial charge in [-0.2, -0.15) is 0 Å². The zero-order valence-corrected chi connectivity index (χ0v) is 36.5. The van der Waals surface area contributed by atoms with Gasteiger partial charge in [0.25, 0.3) is 0 Å². The highest BCUT2D eigenvalue weighted by molar-refractivity contribution is 6.29. The molecule has 0 aromatic heterocycles. The molecule has 61 heavy (non-hydrogen) atoms. The van der Waals surface area contributed by atoms with Crippen molar-refractivity contribution in [2.45, 2.75) is 160 Å². The summed E-state index contributed by atoms with van der Waals surface area (Å²) in [6.45, 7) is 15.1. The number of carbonyl (C=O) groups is 5. The molecule has 8 fully saturated rings. The molecule has 4 N–H and O–H groups in total. The van der Waals surface area contributed by atoms with Gasteiger partial charge in [-0.05, 0) is 127 Å². The van der Waals surface area contributed by atoms with E-state index in [2.05, 4.69) is 13.8 Å². The van der Waals surface area contributed by atoms with Crippen LogP contribution in [0, 0.1) is 57.2 Å². The van der Waals surface area contributed by atoms with Crippen LogP contribution >= 0.6 is 0 Å². The summed E-state index contributed by atoms with van der Waals surface area (Å²) in [5.41, 5.74) is -3.02. The Kier molecular flexibility index (Phi) is 9.58. The molecule has 2 heterocycles. The molecule has 0 bridgehead atoms. The van der Waals surface area contributed by atoms with Crippen LogP contribution in [0.5, 0.6) is 0 Å². The van der Waals surface area contributed by atoms with Gasteiger partial charge in [-0.15, -0.1) is 0 Å². The lowest BCUT2D eigenvalue weighted by atomic mass is 9.46. The van der Waals surface area contributed by atoms with E-state index in [0.29, 0.717) is 25.5 Å². The van der Waals surface area contributed by atoms with Crippen molar-refractivity contribution < 1.29 is 63.3 Å². The number of fused-ring (bicyclic) bond motifs is 14. The van der Waals surface area contributed by atoms with Crippen molar-refractivity contribution in [1.29, 1.82) is 0 Å². The molecule has 10 rings (SSSR count).